The van der Waals surface area contributed by atoms with E-state index in [1.165, 1.54) is 0 Å². The van der Waals surface area contributed by atoms with E-state index in [0.29, 0.717) is 12.3 Å². The Morgan fingerprint density at radius 3 is 3.09 bits per heavy atom. The van der Waals surface area contributed by atoms with Crippen LogP contribution in [0.15, 0.2) is 28.8 Å². The number of fused-ring (bicyclic) bond motifs is 1. The minimum atomic E-state index is -0.145. The summed E-state index contributed by atoms with van der Waals surface area (Å²) < 4.78 is 5.28. The Kier molecular flexibility index (Phi) is 3.88. The highest BCUT2D eigenvalue weighted by molar-refractivity contribution is 6.05. The summed E-state index contributed by atoms with van der Waals surface area (Å²) in [5.41, 5.74) is 9.54. The largest absolute Gasteiger partial charge is 0.398 e. The van der Waals surface area contributed by atoms with Gasteiger partial charge in [-0.15, -0.1) is 0 Å². The molecule has 0 spiro atoms. The van der Waals surface area contributed by atoms with Gasteiger partial charge in [0.1, 0.15) is 0 Å². The van der Waals surface area contributed by atoms with Gasteiger partial charge in [-0.2, -0.15) is 0 Å². The fourth-order valence-electron chi connectivity index (χ4n) is 2.83. The summed E-state index contributed by atoms with van der Waals surface area (Å²) in [5.74, 6) is 0.439. The van der Waals surface area contributed by atoms with Crippen molar-refractivity contribution in [2.24, 2.45) is 0 Å². The van der Waals surface area contributed by atoms with Crippen LogP contribution in [0.2, 0.25) is 0 Å². The molecule has 0 fully saturated rings. The second-order valence-corrected chi connectivity index (χ2v) is 5.83. The lowest BCUT2D eigenvalue weighted by molar-refractivity contribution is 0.0949. The van der Waals surface area contributed by atoms with Crippen molar-refractivity contribution in [1.82, 2.24) is 5.16 Å². The van der Waals surface area contributed by atoms with Crippen LogP contribution in [0.25, 0.3) is 0 Å². The van der Waals surface area contributed by atoms with E-state index in [-0.39, 0.29) is 11.8 Å². The van der Waals surface area contributed by atoms with Crippen LogP contribution < -0.4 is 10.6 Å². The first-order valence-electron chi connectivity index (χ1n) is 7.77. The smallest absolute Gasteiger partial charge is 0.296 e. The Labute approximate surface area is 130 Å². The number of nitrogens with two attached hydrogens (primary N) is 1. The number of benzene rings is 1. The Morgan fingerprint density at radius 2 is 2.32 bits per heavy atom. The maximum atomic E-state index is 12.7. The molecular weight excluding hydrogens is 278 g/mol. The van der Waals surface area contributed by atoms with Gasteiger partial charge in [-0.1, -0.05) is 25.1 Å². The fraction of sp³-hybridized carbons (Fsp3) is 0.412. The number of hydrogen-bond donors (Lipinski definition) is 1. The minimum absolute atomic E-state index is 0.145. The maximum absolute atomic E-state index is 12.7. The molecule has 2 N–H and O–H groups in total. The molecule has 1 aromatic carbocycles. The molecule has 1 aromatic heterocycles. The topological polar surface area (TPSA) is 72.4 Å². The number of anilines is 2. The Hall–Kier alpha value is -2.30. The lowest BCUT2D eigenvalue weighted by Gasteiger charge is -2.29. The van der Waals surface area contributed by atoms with Gasteiger partial charge in [0.25, 0.3) is 5.91 Å². The summed E-state index contributed by atoms with van der Waals surface area (Å²) in [6.07, 6.45) is 2.77. The van der Waals surface area contributed by atoms with Gasteiger partial charge in [0.2, 0.25) is 5.76 Å². The van der Waals surface area contributed by atoms with Crippen molar-refractivity contribution < 1.29 is 9.32 Å². The van der Waals surface area contributed by atoms with Crippen LogP contribution >= 0.6 is 0 Å². The first kappa shape index (κ1) is 14.6. The van der Waals surface area contributed by atoms with Gasteiger partial charge in [-0.3, -0.25) is 4.79 Å². The molecule has 3 rings (SSSR count). The van der Waals surface area contributed by atoms with Crippen LogP contribution in [0.5, 0.6) is 0 Å². The summed E-state index contributed by atoms with van der Waals surface area (Å²) in [6, 6.07) is 7.46. The minimum Gasteiger partial charge on any atom is -0.398 e. The van der Waals surface area contributed by atoms with Crippen LogP contribution in [0, 0.1) is 0 Å². The fourth-order valence-corrected chi connectivity index (χ4v) is 2.83. The summed E-state index contributed by atoms with van der Waals surface area (Å²) in [6.45, 7) is 4.84. The molecule has 2 aromatic rings. The molecule has 5 nitrogen and oxygen atoms in total. The predicted molar refractivity (Wildman–Crippen MR) is 86.1 cm³/mol. The van der Waals surface area contributed by atoms with E-state index in [2.05, 4.69) is 19.0 Å². The zero-order chi connectivity index (χ0) is 15.7. The second-order valence-electron chi connectivity index (χ2n) is 5.83. The van der Waals surface area contributed by atoms with Crippen molar-refractivity contribution in [3.63, 3.8) is 0 Å². The highest BCUT2D eigenvalue weighted by Crippen LogP contribution is 2.32. The number of amides is 1. The number of aromatic nitrogens is 1. The van der Waals surface area contributed by atoms with Crippen molar-refractivity contribution in [2.45, 2.75) is 39.0 Å². The van der Waals surface area contributed by atoms with Crippen molar-refractivity contribution >= 4 is 17.3 Å². The molecule has 22 heavy (non-hydrogen) atoms. The van der Waals surface area contributed by atoms with E-state index in [9.17, 15) is 4.79 Å². The molecule has 0 saturated carbocycles. The molecular formula is C17H21N3O2. The normalized spacial score (nSPS) is 15.5. The molecule has 0 aliphatic carbocycles. The van der Waals surface area contributed by atoms with Crippen LogP contribution in [-0.2, 0) is 6.42 Å². The van der Waals surface area contributed by atoms with E-state index in [1.54, 1.807) is 11.0 Å². The van der Waals surface area contributed by atoms with Gasteiger partial charge in [-0.25, -0.2) is 0 Å². The van der Waals surface area contributed by atoms with E-state index < -0.39 is 0 Å². The quantitative estimate of drug-likeness (QED) is 0.882. The first-order valence-corrected chi connectivity index (χ1v) is 7.77. The van der Waals surface area contributed by atoms with Gasteiger partial charge < -0.3 is 15.2 Å². The van der Waals surface area contributed by atoms with E-state index in [0.717, 1.165) is 41.9 Å². The lowest BCUT2D eigenvalue weighted by atomic mass is 9.99. The number of nitrogen functional groups attached to an aromatic ring is 1. The Bertz CT molecular complexity index is 693. The van der Waals surface area contributed by atoms with E-state index in [4.69, 9.17) is 10.3 Å². The molecule has 0 radical (unpaired) electrons. The molecule has 1 atom stereocenters. The second kappa shape index (κ2) is 5.83. The highest BCUT2D eigenvalue weighted by Gasteiger charge is 2.27. The number of hydrogen-bond acceptors (Lipinski definition) is 4. The van der Waals surface area contributed by atoms with Crippen molar-refractivity contribution in [2.75, 3.05) is 17.2 Å². The first-order chi connectivity index (χ1) is 10.6. The highest BCUT2D eigenvalue weighted by atomic mass is 16.5. The third-order valence-corrected chi connectivity index (χ3v) is 4.39. The number of rotatable bonds is 3. The van der Waals surface area contributed by atoms with Gasteiger partial charge in [0.15, 0.2) is 0 Å². The molecule has 1 aliphatic heterocycles. The van der Waals surface area contributed by atoms with Crippen LogP contribution in [0.1, 0.15) is 54.4 Å². The van der Waals surface area contributed by atoms with E-state index >= 15 is 0 Å². The Balaban J connectivity index is 1.91. The van der Waals surface area contributed by atoms with Gasteiger partial charge in [0, 0.05) is 29.9 Å². The zero-order valence-electron chi connectivity index (χ0n) is 13.0. The van der Waals surface area contributed by atoms with Crippen molar-refractivity contribution in [3.05, 3.63) is 41.3 Å². The summed E-state index contributed by atoms with van der Waals surface area (Å²) in [5, 5.41) is 4.03. The molecule has 0 bridgehead atoms. The molecule has 1 amide bonds. The van der Waals surface area contributed by atoms with Crippen molar-refractivity contribution in [3.8, 4) is 0 Å². The molecule has 1 aliphatic rings. The summed E-state index contributed by atoms with van der Waals surface area (Å²) >= 11 is 0. The molecule has 0 saturated heterocycles. The number of nitrogens with zero attached hydrogens (tertiary/aromatic N) is 2. The molecule has 2 heterocycles. The van der Waals surface area contributed by atoms with Gasteiger partial charge in [-0.05, 0) is 37.0 Å². The van der Waals surface area contributed by atoms with Crippen LogP contribution in [0.3, 0.4) is 0 Å². The standard InChI is InChI=1S/C17H21N3O2/c1-3-11(2)14-10-16(22-19-14)17(21)20-9-5-6-12-13(18)7-4-8-15(12)20/h4,7-8,10-11H,3,5-6,9,18H2,1-2H3. The maximum Gasteiger partial charge on any atom is 0.296 e. The van der Waals surface area contributed by atoms with E-state index in [1.807, 2.05) is 18.2 Å². The van der Waals surface area contributed by atoms with Crippen molar-refractivity contribution in [1.29, 1.82) is 0 Å². The SMILES string of the molecule is CCC(C)c1cc(C(=O)N2CCCc3c(N)cccc32)on1. The summed E-state index contributed by atoms with van der Waals surface area (Å²) in [4.78, 5) is 14.5. The average Bonchev–Trinajstić information content (AvgIpc) is 3.03. The number of carbonyl (C=O) groups is 1. The predicted octanol–water partition coefficient (Wildman–Crippen LogP) is 3.36. The summed E-state index contributed by atoms with van der Waals surface area (Å²) in [7, 11) is 0. The van der Waals surface area contributed by atoms with Crippen LogP contribution in [0.4, 0.5) is 11.4 Å². The lowest BCUT2D eigenvalue weighted by Crippen LogP contribution is -2.35. The zero-order valence-corrected chi connectivity index (χ0v) is 13.0. The Morgan fingerprint density at radius 1 is 1.50 bits per heavy atom. The van der Waals surface area contributed by atoms with Gasteiger partial charge in [0.05, 0.1) is 5.69 Å². The van der Waals surface area contributed by atoms with Crippen LogP contribution in [-0.4, -0.2) is 17.6 Å². The average molecular weight is 299 g/mol. The third kappa shape index (κ3) is 2.47. The molecule has 1 unspecified atom stereocenters. The third-order valence-electron chi connectivity index (χ3n) is 4.39. The number of carbonyl (C=O) groups excluding carboxylic acids is 1. The molecule has 5 heteroatoms. The monoisotopic (exact) mass is 299 g/mol. The molecule has 116 valence electrons. The van der Waals surface area contributed by atoms with Gasteiger partial charge >= 0.3 is 0 Å².